The minimum absolute atomic E-state index is 0.0524. The fourth-order valence-electron chi connectivity index (χ4n) is 5.64. The average Bonchev–Trinajstić information content (AvgIpc) is 3.13. The van der Waals surface area contributed by atoms with Gasteiger partial charge in [0.15, 0.2) is 0 Å². The van der Waals surface area contributed by atoms with Gasteiger partial charge in [0, 0.05) is 77.9 Å². The van der Waals surface area contributed by atoms with Crippen LogP contribution in [0.15, 0.2) is 113 Å². The highest BCUT2D eigenvalue weighted by molar-refractivity contribution is 7.86. The molecule has 0 unspecified atom stereocenters. The summed E-state index contributed by atoms with van der Waals surface area (Å²) in [5.41, 5.74) is 3.21. The molecule has 276 valence electrons. The average molecular weight is 765 g/mol. The Bertz CT molecular complexity index is 2270. The number of benzene rings is 5. The van der Waals surface area contributed by atoms with Crippen molar-refractivity contribution in [1.82, 2.24) is 0 Å². The van der Waals surface area contributed by atoms with E-state index in [1.54, 1.807) is 60.7 Å². The lowest BCUT2D eigenvalue weighted by Crippen LogP contribution is -2.14. The topological polar surface area (TPSA) is 238 Å². The van der Waals surface area contributed by atoms with Gasteiger partial charge in [0.1, 0.15) is 11.5 Å². The predicted octanol–water partition coefficient (Wildman–Crippen LogP) is 6.42. The predicted molar refractivity (Wildman–Crippen MR) is 194 cm³/mol. The van der Waals surface area contributed by atoms with Gasteiger partial charge in [-0.1, -0.05) is 42.5 Å². The Morgan fingerprint density at radius 2 is 1.02 bits per heavy atom. The zero-order valence-electron chi connectivity index (χ0n) is 28.0. The number of anilines is 2. The summed E-state index contributed by atoms with van der Waals surface area (Å²) in [5.74, 6) is -0.572. The number of ether oxygens (including phenoxy) is 2. The van der Waals surface area contributed by atoms with Crippen molar-refractivity contribution < 1.29 is 45.3 Å². The first-order valence-electron chi connectivity index (χ1n) is 15.5. The molecule has 4 N–H and O–H groups in total. The molecule has 16 nitrogen and oxygen atoms in total. The number of nitro groups is 2. The van der Waals surface area contributed by atoms with E-state index in [0.717, 1.165) is 23.3 Å². The fraction of sp³-hybridized carbons (Fsp3) is 0.143. The van der Waals surface area contributed by atoms with E-state index >= 15 is 0 Å². The van der Waals surface area contributed by atoms with Crippen LogP contribution in [0.4, 0.5) is 22.7 Å². The number of nitrogens with zero attached hydrogens (tertiary/aromatic N) is 2. The van der Waals surface area contributed by atoms with Crippen LogP contribution in [0, 0.1) is 20.2 Å². The van der Waals surface area contributed by atoms with E-state index in [9.17, 15) is 46.2 Å². The van der Waals surface area contributed by atoms with Crippen LogP contribution in [0.1, 0.15) is 33.7 Å². The van der Waals surface area contributed by atoms with Crippen molar-refractivity contribution in [1.29, 1.82) is 0 Å². The maximum Gasteiger partial charge on any atom is 0.294 e. The Morgan fingerprint density at radius 3 is 1.38 bits per heavy atom. The van der Waals surface area contributed by atoms with Gasteiger partial charge in [0.2, 0.25) is 0 Å². The van der Waals surface area contributed by atoms with Crippen molar-refractivity contribution in [2.75, 3.05) is 24.9 Å². The summed E-state index contributed by atoms with van der Waals surface area (Å²) in [6.07, 6.45) is 0. The van der Waals surface area contributed by atoms with Gasteiger partial charge in [-0.05, 0) is 41.0 Å². The van der Waals surface area contributed by atoms with Crippen molar-refractivity contribution in [3.63, 3.8) is 0 Å². The van der Waals surface area contributed by atoms with E-state index in [1.807, 2.05) is 0 Å². The van der Waals surface area contributed by atoms with E-state index in [2.05, 4.69) is 10.6 Å². The Hall–Kier alpha value is -6.08. The van der Waals surface area contributed by atoms with E-state index in [4.69, 9.17) is 9.47 Å². The maximum atomic E-state index is 12.8. The Labute approximate surface area is 303 Å². The number of methoxy groups -OCH3 is 2. The number of nitrogens with one attached hydrogen (secondary N) is 2. The molecule has 0 aromatic heterocycles. The molecule has 0 bridgehead atoms. The molecule has 0 spiro atoms. The standard InChI is InChI=1S/C35H32N4O12S2/c1-50-32-17-24(36-20-22-3-9-26(10-4-22)38(40)41)7-14-29(32)35(31-16-13-28(52(44,45)46)19-34(31)53(47,48)49)30-15-8-25(18-33(30)51-2)37-21-23-5-11-27(12-6-23)39(42)43/h3-19,35-37H,20-21H2,1-2H3,(H,44,45,46)(H,47,48,49). The van der Waals surface area contributed by atoms with E-state index in [-0.39, 0.29) is 41.5 Å². The molecule has 18 heteroatoms. The summed E-state index contributed by atoms with van der Waals surface area (Å²) in [7, 11) is -7.18. The van der Waals surface area contributed by atoms with Gasteiger partial charge < -0.3 is 20.1 Å². The van der Waals surface area contributed by atoms with Crippen LogP contribution in [0.2, 0.25) is 0 Å². The quantitative estimate of drug-likeness (QED) is 0.0390. The number of nitro benzene ring substituents is 2. The molecule has 0 saturated heterocycles. The molecule has 0 heterocycles. The number of non-ortho nitro benzene ring substituents is 2. The van der Waals surface area contributed by atoms with Crippen LogP contribution in [0.3, 0.4) is 0 Å². The molecule has 5 rings (SSSR count). The van der Waals surface area contributed by atoms with Gasteiger partial charge in [-0.15, -0.1) is 0 Å². The lowest BCUT2D eigenvalue weighted by atomic mass is 9.83. The summed E-state index contributed by atoms with van der Waals surface area (Å²) in [6, 6.07) is 24.7. The number of hydrogen-bond acceptors (Lipinski definition) is 12. The van der Waals surface area contributed by atoms with Gasteiger partial charge in [-0.3, -0.25) is 29.3 Å². The first-order chi connectivity index (χ1) is 25.1. The summed E-state index contributed by atoms with van der Waals surface area (Å²) in [4.78, 5) is 19.5. The van der Waals surface area contributed by atoms with Crippen molar-refractivity contribution >= 4 is 43.0 Å². The minimum Gasteiger partial charge on any atom is -0.496 e. The van der Waals surface area contributed by atoms with Crippen LogP contribution < -0.4 is 20.1 Å². The third kappa shape index (κ3) is 9.05. The molecule has 0 aliphatic rings. The summed E-state index contributed by atoms with van der Waals surface area (Å²) in [5, 5.41) is 28.5. The van der Waals surface area contributed by atoms with Crippen molar-refractivity contribution in [3.05, 3.63) is 151 Å². The van der Waals surface area contributed by atoms with Gasteiger partial charge in [0.25, 0.3) is 31.6 Å². The monoisotopic (exact) mass is 764 g/mol. The largest absolute Gasteiger partial charge is 0.496 e. The molecule has 0 saturated carbocycles. The highest BCUT2D eigenvalue weighted by atomic mass is 32.2. The molecular weight excluding hydrogens is 733 g/mol. The summed E-state index contributed by atoms with van der Waals surface area (Å²) >= 11 is 0. The lowest BCUT2D eigenvalue weighted by Gasteiger charge is -2.26. The van der Waals surface area contributed by atoms with Gasteiger partial charge in [0.05, 0.1) is 33.9 Å². The van der Waals surface area contributed by atoms with Crippen molar-refractivity contribution in [3.8, 4) is 11.5 Å². The molecule has 0 amide bonds. The van der Waals surface area contributed by atoms with Gasteiger partial charge >= 0.3 is 0 Å². The molecule has 0 aliphatic heterocycles. The highest BCUT2D eigenvalue weighted by Crippen LogP contribution is 2.45. The van der Waals surface area contributed by atoms with Crippen LogP contribution in [-0.4, -0.2) is 50.0 Å². The SMILES string of the molecule is COc1cc(NCc2ccc([N+](=O)[O-])cc2)ccc1C(c1ccc(NCc2ccc([N+](=O)[O-])cc2)cc1OC)c1ccc(S(=O)(=O)O)cc1S(=O)(=O)O. The van der Waals surface area contributed by atoms with Crippen LogP contribution in [0.25, 0.3) is 0 Å². The minimum atomic E-state index is -5.09. The molecular formula is C35H32N4O12S2. The second-order valence-electron chi connectivity index (χ2n) is 11.6. The second kappa shape index (κ2) is 15.7. The smallest absolute Gasteiger partial charge is 0.294 e. The Balaban J connectivity index is 1.58. The van der Waals surface area contributed by atoms with E-state index < -0.39 is 45.8 Å². The maximum absolute atomic E-state index is 12.8. The summed E-state index contributed by atoms with van der Waals surface area (Å²) < 4.78 is 81.1. The molecule has 5 aromatic carbocycles. The molecule has 0 atom stereocenters. The molecule has 5 aromatic rings. The normalized spacial score (nSPS) is 11.6. The van der Waals surface area contributed by atoms with Crippen LogP contribution in [-0.2, 0) is 33.3 Å². The highest BCUT2D eigenvalue weighted by Gasteiger charge is 2.31. The first-order valence-corrected chi connectivity index (χ1v) is 18.4. The van der Waals surface area contributed by atoms with Gasteiger partial charge in [-0.2, -0.15) is 16.8 Å². The molecule has 0 aliphatic carbocycles. The van der Waals surface area contributed by atoms with E-state index in [1.165, 1.54) is 38.5 Å². The zero-order valence-corrected chi connectivity index (χ0v) is 29.6. The third-order valence-corrected chi connectivity index (χ3v) is 10.0. The van der Waals surface area contributed by atoms with Crippen LogP contribution >= 0.6 is 0 Å². The third-order valence-electron chi connectivity index (χ3n) is 8.25. The van der Waals surface area contributed by atoms with E-state index in [0.29, 0.717) is 28.6 Å². The van der Waals surface area contributed by atoms with Crippen molar-refractivity contribution in [2.24, 2.45) is 0 Å². The molecule has 0 radical (unpaired) electrons. The first kappa shape index (κ1) is 38.2. The van der Waals surface area contributed by atoms with Crippen LogP contribution in [0.5, 0.6) is 11.5 Å². The Kier molecular flexibility index (Phi) is 11.3. The molecule has 53 heavy (non-hydrogen) atoms. The zero-order chi connectivity index (χ0) is 38.5. The van der Waals surface area contributed by atoms with Crippen molar-refractivity contribution in [2.45, 2.75) is 28.8 Å². The van der Waals surface area contributed by atoms with Gasteiger partial charge in [-0.25, -0.2) is 0 Å². The summed E-state index contributed by atoms with van der Waals surface area (Å²) in [6.45, 7) is 0.576. The fourth-order valence-corrected chi connectivity index (χ4v) is 6.98. The Morgan fingerprint density at radius 1 is 0.604 bits per heavy atom. The number of hydrogen-bond donors (Lipinski definition) is 4. The number of rotatable bonds is 15. The molecule has 0 fully saturated rings. The second-order valence-corrected chi connectivity index (χ2v) is 14.4. The lowest BCUT2D eigenvalue weighted by molar-refractivity contribution is -0.385.